The SMILES string of the molecule is Cn1c(N(C(=O)C2CC(O)CN2C#N)C(C(=O)NC2CCCCC2)c2cccnc2)nc2ccccc21. The molecular formula is C27H31N7O3. The van der Waals surface area contributed by atoms with Gasteiger partial charge in [-0.05, 0) is 31.0 Å². The molecule has 2 aromatic heterocycles. The largest absolute Gasteiger partial charge is 0.391 e. The quantitative estimate of drug-likeness (QED) is 0.497. The first-order valence-corrected chi connectivity index (χ1v) is 12.8. The molecule has 3 atom stereocenters. The van der Waals surface area contributed by atoms with E-state index in [1.54, 1.807) is 36.1 Å². The molecule has 10 nitrogen and oxygen atoms in total. The van der Waals surface area contributed by atoms with E-state index in [9.17, 15) is 20.0 Å². The molecule has 2 amide bonds. The van der Waals surface area contributed by atoms with Crippen LogP contribution in [0.5, 0.6) is 0 Å². The highest BCUT2D eigenvalue weighted by Crippen LogP contribution is 2.33. The number of carbonyl (C=O) groups excluding carboxylic acids is 2. The van der Waals surface area contributed by atoms with Crippen molar-refractivity contribution >= 4 is 28.8 Å². The van der Waals surface area contributed by atoms with Gasteiger partial charge in [0.05, 0.1) is 23.7 Å². The minimum Gasteiger partial charge on any atom is -0.391 e. The Balaban J connectivity index is 1.63. The number of aryl methyl sites for hydroxylation is 1. The molecule has 2 fully saturated rings. The van der Waals surface area contributed by atoms with E-state index in [4.69, 9.17) is 4.98 Å². The highest BCUT2D eigenvalue weighted by atomic mass is 16.3. The number of imidazole rings is 1. The summed E-state index contributed by atoms with van der Waals surface area (Å²) < 4.78 is 1.78. The van der Waals surface area contributed by atoms with Crippen molar-refractivity contribution in [3.8, 4) is 6.19 Å². The van der Waals surface area contributed by atoms with Crippen LogP contribution in [0, 0.1) is 11.5 Å². The molecule has 1 saturated heterocycles. The first-order valence-electron chi connectivity index (χ1n) is 12.8. The molecule has 1 aromatic carbocycles. The smallest absolute Gasteiger partial charge is 0.253 e. The van der Waals surface area contributed by atoms with Crippen LogP contribution < -0.4 is 10.2 Å². The van der Waals surface area contributed by atoms with Gasteiger partial charge in [-0.3, -0.25) is 24.4 Å². The van der Waals surface area contributed by atoms with Gasteiger partial charge < -0.3 is 15.0 Å². The van der Waals surface area contributed by atoms with Crippen LogP contribution in [0.15, 0.2) is 48.8 Å². The monoisotopic (exact) mass is 501 g/mol. The number of nitriles is 1. The third-order valence-electron chi connectivity index (χ3n) is 7.37. The van der Waals surface area contributed by atoms with Gasteiger partial charge in [0.15, 0.2) is 6.19 Å². The number of fused-ring (bicyclic) bond motifs is 1. The normalized spacial score (nSPS) is 20.9. The number of aliphatic hydroxyl groups excluding tert-OH is 1. The summed E-state index contributed by atoms with van der Waals surface area (Å²) in [5.41, 5.74) is 2.02. The van der Waals surface area contributed by atoms with E-state index >= 15 is 0 Å². The van der Waals surface area contributed by atoms with E-state index in [1.165, 1.54) is 9.80 Å². The number of pyridine rings is 1. The summed E-state index contributed by atoms with van der Waals surface area (Å²) in [6.45, 7) is 0.0646. The van der Waals surface area contributed by atoms with E-state index in [2.05, 4.69) is 10.3 Å². The molecule has 3 unspecified atom stereocenters. The fourth-order valence-electron chi connectivity index (χ4n) is 5.49. The lowest BCUT2D eigenvalue weighted by Gasteiger charge is -2.34. The van der Waals surface area contributed by atoms with Crippen molar-refractivity contribution in [3.05, 3.63) is 54.4 Å². The summed E-state index contributed by atoms with van der Waals surface area (Å²) in [6.07, 6.45) is 9.54. The van der Waals surface area contributed by atoms with Crippen molar-refractivity contribution in [2.75, 3.05) is 11.4 Å². The number of benzene rings is 1. The fraction of sp³-hybridized carbons (Fsp3) is 0.444. The summed E-state index contributed by atoms with van der Waals surface area (Å²) in [4.78, 5) is 39.9. The molecule has 10 heteroatoms. The van der Waals surface area contributed by atoms with E-state index in [0.717, 1.165) is 37.6 Å². The van der Waals surface area contributed by atoms with E-state index in [-0.39, 0.29) is 30.9 Å². The number of carbonyl (C=O) groups is 2. The number of rotatable bonds is 6. The molecule has 1 aliphatic carbocycles. The minimum atomic E-state index is -1.06. The summed E-state index contributed by atoms with van der Waals surface area (Å²) in [7, 11) is 1.80. The predicted octanol–water partition coefficient (Wildman–Crippen LogP) is 2.41. The lowest BCUT2D eigenvalue weighted by molar-refractivity contribution is -0.128. The Bertz CT molecular complexity index is 1310. The van der Waals surface area contributed by atoms with Crippen molar-refractivity contribution in [2.24, 2.45) is 7.05 Å². The van der Waals surface area contributed by atoms with Gasteiger partial charge in [-0.25, -0.2) is 4.98 Å². The van der Waals surface area contributed by atoms with E-state index in [0.29, 0.717) is 11.1 Å². The lowest BCUT2D eigenvalue weighted by atomic mass is 9.94. The number of anilines is 1. The summed E-state index contributed by atoms with van der Waals surface area (Å²) in [5.74, 6) is -0.496. The minimum absolute atomic E-state index is 0.0294. The van der Waals surface area contributed by atoms with Gasteiger partial charge in [-0.15, -0.1) is 0 Å². The Kier molecular flexibility index (Phi) is 7.06. The van der Waals surface area contributed by atoms with Gasteiger partial charge in [-0.2, -0.15) is 5.26 Å². The second-order valence-electron chi connectivity index (χ2n) is 9.86. The van der Waals surface area contributed by atoms with E-state index < -0.39 is 24.1 Å². The van der Waals surface area contributed by atoms with Gasteiger partial charge in [0.2, 0.25) is 11.9 Å². The standard InChI is InChI=1S/C27H31N7O3/c1-32-22-12-6-5-11-21(22)31-27(32)34(26(37)23-14-20(35)16-33(23)17-28)24(18-8-7-13-29-15-18)25(36)30-19-9-3-2-4-10-19/h5-8,11-13,15,19-20,23-24,35H,2-4,9-10,14,16H2,1H3,(H,30,36). The first kappa shape index (κ1) is 24.7. The number of likely N-dealkylation sites (tertiary alicyclic amines) is 1. The molecule has 1 saturated carbocycles. The average Bonchev–Trinajstić information content (AvgIpc) is 3.47. The molecule has 2 aliphatic rings. The van der Waals surface area contributed by atoms with Crippen LogP contribution in [0.4, 0.5) is 5.95 Å². The number of amides is 2. The molecule has 0 spiro atoms. The van der Waals surface area contributed by atoms with Crippen LogP contribution in [0.2, 0.25) is 0 Å². The Hall–Kier alpha value is -3.97. The number of aromatic nitrogens is 3. The van der Waals surface area contributed by atoms with Crippen LogP contribution in [-0.4, -0.2) is 61.1 Å². The van der Waals surface area contributed by atoms with Gasteiger partial charge in [-0.1, -0.05) is 37.5 Å². The Morgan fingerprint density at radius 3 is 2.68 bits per heavy atom. The summed E-state index contributed by atoms with van der Waals surface area (Å²) >= 11 is 0. The number of hydrogen-bond acceptors (Lipinski definition) is 7. The third kappa shape index (κ3) is 4.87. The van der Waals surface area contributed by atoms with Crippen molar-refractivity contribution in [1.29, 1.82) is 5.26 Å². The van der Waals surface area contributed by atoms with Crippen molar-refractivity contribution in [1.82, 2.24) is 24.8 Å². The fourth-order valence-corrected chi connectivity index (χ4v) is 5.49. The lowest BCUT2D eigenvalue weighted by Crippen LogP contribution is -2.52. The molecule has 37 heavy (non-hydrogen) atoms. The topological polar surface area (TPSA) is 127 Å². The first-order chi connectivity index (χ1) is 18.0. The second kappa shape index (κ2) is 10.6. The van der Waals surface area contributed by atoms with Crippen molar-refractivity contribution < 1.29 is 14.7 Å². The van der Waals surface area contributed by atoms with Gasteiger partial charge in [0.25, 0.3) is 5.91 Å². The zero-order valence-electron chi connectivity index (χ0n) is 20.8. The van der Waals surface area contributed by atoms with Crippen LogP contribution in [0.25, 0.3) is 11.0 Å². The Morgan fingerprint density at radius 2 is 1.97 bits per heavy atom. The predicted molar refractivity (Wildman–Crippen MR) is 137 cm³/mol. The van der Waals surface area contributed by atoms with E-state index in [1.807, 2.05) is 30.5 Å². The number of nitrogens with zero attached hydrogens (tertiary/aromatic N) is 6. The maximum atomic E-state index is 14.3. The average molecular weight is 502 g/mol. The van der Waals surface area contributed by atoms with Crippen molar-refractivity contribution in [3.63, 3.8) is 0 Å². The summed E-state index contributed by atoms with van der Waals surface area (Å²) in [6, 6.07) is 9.06. The molecule has 5 rings (SSSR count). The van der Waals surface area contributed by atoms with Gasteiger partial charge in [0, 0.05) is 37.5 Å². The second-order valence-corrected chi connectivity index (χ2v) is 9.86. The maximum Gasteiger partial charge on any atom is 0.253 e. The zero-order chi connectivity index (χ0) is 25.9. The highest BCUT2D eigenvalue weighted by molar-refractivity contribution is 6.04. The zero-order valence-corrected chi connectivity index (χ0v) is 20.8. The Morgan fingerprint density at radius 1 is 1.19 bits per heavy atom. The number of hydrogen-bond donors (Lipinski definition) is 2. The van der Waals surface area contributed by atoms with Gasteiger partial charge in [0.1, 0.15) is 12.1 Å². The molecule has 192 valence electrons. The third-order valence-corrected chi connectivity index (χ3v) is 7.37. The van der Waals surface area contributed by atoms with Crippen LogP contribution in [-0.2, 0) is 16.6 Å². The number of para-hydroxylation sites is 2. The number of β-amino-alcohol motifs (C(OH)–C–C–N with tert-alkyl or cyclic N) is 1. The molecule has 3 aromatic rings. The Labute approximate surface area is 215 Å². The highest BCUT2D eigenvalue weighted by Gasteiger charge is 2.44. The number of nitrogens with one attached hydrogen (secondary N) is 1. The molecular weight excluding hydrogens is 470 g/mol. The number of aliphatic hydroxyl groups is 1. The molecule has 0 bridgehead atoms. The molecule has 0 radical (unpaired) electrons. The molecule has 3 heterocycles. The van der Waals surface area contributed by atoms with Gasteiger partial charge >= 0.3 is 0 Å². The molecule has 2 N–H and O–H groups in total. The molecule has 1 aliphatic heterocycles. The van der Waals surface area contributed by atoms with Crippen molar-refractivity contribution in [2.45, 2.75) is 62.8 Å². The van der Waals surface area contributed by atoms with Crippen LogP contribution in [0.3, 0.4) is 0 Å². The van der Waals surface area contributed by atoms with Crippen LogP contribution >= 0.6 is 0 Å². The van der Waals surface area contributed by atoms with Crippen LogP contribution in [0.1, 0.15) is 50.1 Å². The summed E-state index contributed by atoms with van der Waals surface area (Å²) in [5, 5.41) is 23.1. The maximum absolute atomic E-state index is 14.3.